The number of carbonyl (C=O) groups excluding carboxylic acids is 1. The van der Waals surface area contributed by atoms with E-state index in [1.807, 2.05) is 0 Å². The minimum atomic E-state index is 0.203. The van der Waals surface area contributed by atoms with Gasteiger partial charge in [-0.15, -0.1) is 0 Å². The molecule has 0 heterocycles. The van der Waals surface area contributed by atoms with Crippen molar-refractivity contribution in [2.45, 2.75) is 52.0 Å². The Balaban J connectivity index is 2.00. The molecule has 18 heavy (non-hydrogen) atoms. The van der Waals surface area contributed by atoms with E-state index in [4.69, 9.17) is 0 Å². The van der Waals surface area contributed by atoms with Crippen LogP contribution in [0.3, 0.4) is 0 Å². The van der Waals surface area contributed by atoms with Gasteiger partial charge >= 0.3 is 0 Å². The van der Waals surface area contributed by atoms with Crippen LogP contribution in [0.25, 0.3) is 0 Å². The largest absolute Gasteiger partial charge is 0.349 e. The van der Waals surface area contributed by atoms with E-state index < -0.39 is 0 Å². The third-order valence-electron chi connectivity index (χ3n) is 3.60. The Morgan fingerprint density at radius 3 is 2.56 bits per heavy atom. The highest BCUT2D eigenvalue weighted by Crippen LogP contribution is 2.41. The van der Waals surface area contributed by atoms with Crippen molar-refractivity contribution in [3.8, 4) is 0 Å². The molecule has 0 aromatic heterocycles. The average Bonchev–Trinajstić information content (AvgIpc) is 3.19. The van der Waals surface area contributed by atoms with Crippen LogP contribution in [0.5, 0.6) is 0 Å². The van der Waals surface area contributed by atoms with Crippen LogP contribution in [-0.2, 0) is 4.79 Å². The lowest BCUT2D eigenvalue weighted by atomic mass is 10.0. The molecule has 0 spiro atoms. The minimum absolute atomic E-state index is 0.203. The van der Waals surface area contributed by atoms with Gasteiger partial charge in [-0.1, -0.05) is 43.2 Å². The molecule has 2 rings (SSSR count). The van der Waals surface area contributed by atoms with Crippen molar-refractivity contribution in [2.75, 3.05) is 0 Å². The molecule has 1 aromatic carbocycles. The molecule has 0 bridgehead atoms. The number of benzene rings is 1. The Labute approximate surface area is 110 Å². The molecule has 1 amide bonds. The molecule has 1 saturated carbocycles. The van der Waals surface area contributed by atoms with Crippen LogP contribution in [0, 0.1) is 12.8 Å². The second kappa shape index (κ2) is 6.03. The topological polar surface area (TPSA) is 29.1 Å². The molecule has 0 saturated heterocycles. The van der Waals surface area contributed by atoms with Crippen molar-refractivity contribution >= 4 is 5.91 Å². The molecule has 2 heteroatoms. The predicted molar refractivity (Wildman–Crippen MR) is 74.3 cm³/mol. The Morgan fingerprint density at radius 1 is 1.33 bits per heavy atom. The number of carbonyl (C=O) groups is 1. The second-order valence-electron chi connectivity index (χ2n) is 5.40. The van der Waals surface area contributed by atoms with Crippen LogP contribution in [-0.4, -0.2) is 5.91 Å². The SMILES string of the molecule is CCCCC(=O)NC(c1ccc(C)cc1)C1CC1. The van der Waals surface area contributed by atoms with Crippen LogP contribution >= 0.6 is 0 Å². The molecule has 2 nitrogen and oxygen atoms in total. The van der Waals surface area contributed by atoms with Gasteiger partial charge in [-0.25, -0.2) is 0 Å². The number of aryl methyl sites for hydroxylation is 1. The maximum atomic E-state index is 11.9. The average molecular weight is 245 g/mol. The highest BCUT2D eigenvalue weighted by molar-refractivity contribution is 5.76. The molecule has 1 aliphatic carbocycles. The quantitative estimate of drug-likeness (QED) is 0.812. The molecule has 98 valence electrons. The van der Waals surface area contributed by atoms with Gasteiger partial charge in [0.1, 0.15) is 0 Å². The Morgan fingerprint density at radius 2 is 2.00 bits per heavy atom. The predicted octanol–water partition coefficient (Wildman–Crippen LogP) is 3.75. The summed E-state index contributed by atoms with van der Waals surface area (Å²) in [5.74, 6) is 0.854. The molecule has 1 atom stereocenters. The molecule has 0 radical (unpaired) electrons. The first-order chi connectivity index (χ1) is 8.70. The van der Waals surface area contributed by atoms with Crippen LogP contribution in [0.1, 0.15) is 56.2 Å². The van der Waals surface area contributed by atoms with Gasteiger partial charge in [-0.05, 0) is 37.7 Å². The van der Waals surface area contributed by atoms with Crippen molar-refractivity contribution in [1.29, 1.82) is 0 Å². The zero-order chi connectivity index (χ0) is 13.0. The van der Waals surface area contributed by atoms with Gasteiger partial charge in [-0.3, -0.25) is 4.79 Å². The van der Waals surface area contributed by atoms with Crippen molar-refractivity contribution in [2.24, 2.45) is 5.92 Å². The van der Waals surface area contributed by atoms with Crippen LogP contribution < -0.4 is 5.32 Å². The van der Waals surface area contributed by atoms with E-state index in [9.17, 15) is 4.79 Å². The summed E-state index contributed by atoms with van der Waals surface area (Å²) in [6.45, 7) is 4.21. The normalized spacial score (nSPS) is 16.3. The maximum absolute atomic E-state index is 11.9. The number of rotatable bonds is 6. The second-order valence-corrected chi connectivity index (χ2v) is 5.40. The first kappa shape index (κ1) is 13.1. The maximum Gasteiger partial charge on any atom is 0.220 e. The first-order valence-corrected chi connectivity index (χ1v) is 7.06. The molecule has 1 N–H and O–H groups in total. The third-order valence-corrected chi connectivity index (χ3v) is 3.60. The Hall–Kier alpha value is -1.31. The van der Waals surface area contributed by atoms with Gasteiger partial charge in [0.15, 0.2) is 0 Å². The molecular weight excluding hydrogens is 222 g/mol. The first-order valence-electron chi connectivity index (χ1n) is 7.06. The van der Waals surface area contributed by atoms with Crippen molar-refractivity contribution < 1.29 is 4.79 Å². The van der Waals surface area contributed by atoms with Crippen molar-refractivity contribution in [3.63, 3.8) is 0 Å². The monoisotopic (exact) mass is 245 g/mol. The van der Waals surface area contributed by atoms with Gasteiger partial charge in [0.2, 0.25) is 5.91 Å². The van der Waals surface area contributed by atoms with E-state index in [1.165, 1.54) is 24.0 Å². The molecule has 1 unspecified atom stereocenters. The standard InChI is InChI=1S/C16H23NO/c1-3-4-5-15(18)17-16(14-10-11-14)13-8-6-12(2)7-9-13/h6-9,14,16H,3-5,10-11H2,1-2H3,(H,17,18). The summed E-state index contributed by atoms with van der Waals surface area (Å²) in [7, 11) is 0. The Kier molecular flexibility index (Phi) is 4.40. The smallest absolute Gasteiger partial charge is 0.220 e. The van der Waals surface area contributed by atoms with Gasteiger partial charge in [0.25, 0.3) is 0 Å². The van der Waals surface area contributed by atoms with E-state index in [2.05, 4.69) is 43.4 Å². The van der Waals surface area contributed by atoms with Crippen LogP contribution in [0.2, 0.25) is 0 Å². The highest BCUT2D eigenvalue weighted by Gasteiger charge is 2.33. The summed E-state index contributed by atoms with van der Waals surface area (Å²) in [6, 6.07) is 8.79. The van der Waals surface area contributed by atoms with E-state index in [0.29, 0.717) is 12.3 Å². The van der Waals surface area contributed by atoms with E-state index in [0.717, 1.165) is 12.8 Å². The van der Waals surface area contributed by atoms with Gasteiger partial charge < -0.3 is 5.32 Å². The summed E-state index contributed by atoms with van der Waals surface area (Å²) in [4.78, 5) is 11.9. The Bertz CT molecular complexity index is 392. The van der Waals surface area contributed by atoms with Gasteiger partial charge in [0, 0.05) is 6.42 Å². The summed E-state index contributed by atoms with van der Waals surface area (Å²) in [5.41, 5.74) is 2.53. The lowest BCUT2D eigenvalue weighted by Crippen LogP contribution is -2.29. The minimum Gasteiger partial charge on any atom is -0.349 e. The number of hydrogen-bond acceptors (Lipinski definition) is 1. The fourth-order valence-electron chi connectivity index (χ4n) is 2.26. The van der Waals surface area contributed by atoms with E-state index in [-0.39, 0.29) is 11.9 Å². The molecule has 1 fully saturated rings. The van der Waals surface area contributed by atoms with Crippen molar-refractivity contribution in [3.05, 3.63) is 35.4 Å². The highest BCUT2D eigenvalue weighted by atomic mass is 16.1. The molecule has 1 aromatic rings. The third kappa shape index (κ3) is 3.59. The number of unbranched alkanes of at least 4 members (excludes halogenated alkanes) is 1. The van der Waals surface area contributed by atoms with E-state index in [1.54, 1.807) is 0 Å². The lowest BCUT2D eigenvalue weighted by Gasteiger charge is -2.19. The molecule has 1 aliphatic rings. The van der Waals surface area contributed by atoms with Crippen LogP contribution in [0.15, 0.2) is 24.3 Å². The number of hydrogen-bond donors (Lipinski definition) is 1. The van der Waals surface area contributed by atoms with E-state index >= 15 is 0 Å². The number of amides is 1. The zero-order valence-electron chi connectivity index (χ0n) is 11.4. The lowest BCUT2D eigenvalue weighted by molar-refractivity contribution is -0.122. The van der Waals surface area contributed by atoms with Gasteiger partial charge in [-0.2, -0.15) is 0 Å². The summed E-state index contributed by atoms with van der Waals surface area (Å²) in [5, 5.41) is 3.21. The van der Waals surface area contributed by atoms with Crippen molar-refractivity contribution in [1.82, 2.24) is 5.32 Å². The fraction of sp³-hybridized carbons (Fsp3) is 0.562. The summed E-state index contributed by atoms with van der Waals surface area (Å²) in [6.07, 6.45) is 5.20. The number of nitrogens with one attached hydrogen (secondary N) is 1. The molecular formula is C16H23NO. The fourth-order valence-corrected chi connectivity index (χ4v) is 2.26. The summed E-state index contributed by atoms with van der Waals surface area (Å²) < 4.78 is 0. The van der Waals surface area contributed by atoms with Crippen LogP contribution in [0.4, 0.5) is 0 Å². The molecule has 0 aliphatic heterocycles. The van der Waals surface area contributed by atoms with Gasteiger partial charge in [0.05, 0.1) is 6.04 Å². The zero-order valence-corrected chi connectivity index (χ0v) is 11.4. The summed E-state index contributed by atoms with van der Waals surface area (Å²) >= 11 is 0.